The predicted molar refractivity (Wildman–Crippen MR) is 84.2 cm³/mol. The summed E-state index contributed by atoms with van der Waals surface area (Å²) in [6.07, 6.45) is 1.40. The lowest BCUT2D eigenvalue weighted by molar-refractivity contribution is -0.129. The van der Waals surface area contributed by atoms with E-state index in [2.05, 4.69) is 10.6 Å². The molecule has 2 rings (SSSR count). The summed E-state index contributed by atoms with van der Waals surface area (Å²) in [5.41, 5.74) is -0.631. The smallest absolute Gasteiger partial charge is 0.239 e. The van der Waals surface area contributed by atoms with E-state index in [0.717, 1.165) is 0 Å². The molecule has 0 aliphatic heterocycles. The maximum absolute atomic E-state index is 11.9. The number of rotatable bonds is 7. The van der Waals surface area contributed by atoms with Gasteiger partial charge in [0.15, 0.2) is 0 Å². The first-order valence-corrected chi connectivity index (χ1v) is 7.31. The molecule has 0 saturated heterocycles. The van der Waals surface area contributed by atoms with Crippen LogP contribution in [-0.2, 0) is 21.7 Å². The average Bonchev–Trinajstić information content (AvgIpc) is 3.05. The Morgan fingerprint density at radius 2 is 1.83 bits per heavy atom. The van der Waals surface area contributed by atoms with Gasteiger partial charge in [-0.15, -0.1) is 0 Å². The lowest BCUT2D eigenvalue weighted by atomic mass is 9.92. The van der Waals surface area contributed by atoms with Crippen molar-refractivity contribution in [2.45, 2.75) is 25.5 Å². The second-order valence-corrected chi connectivity index (χ2v) is 5.45. The van der Waals surface area contributed by atoms with E-state index in [9.17, 15) is 14.7 Å². The van der Waals surface area contributed by atoms with E-state index in [1.54, 1.807) is 43.3 Å². The monoisotopic (exact) mass is 316 g/mol. The Balaban J connectivity index is 1.75. The quantitative estimate of drug-likeness (QED) is 0.718. The minimum absolute atomic E-state index is 0.123. The largest absolute Gasteiger partial charge is 0.467 e. The number of amides is 2. The molecule has 0 radical (unpaired) electrons. The molecule has 0 fully saturated rings. The van der Waals surface area contributed by atoms with Gasteiger partial charge in [-0.1, -0.05) is 30.3 Å². The van der Waals surface area contributed by atoms with Crippen LogP contribution in [0.3, 0.4) is 0 Å². The van der Waals surface area contributed by atoms with Crippen LogP contribution in [-0.4, -0.2) is 23.5 Å². The molecule has 6 nitrogen and oxygen atoms in total. The second-order valence-electron chi connectivity index (χ2n) is 5.45. The van der Waals surface area contributed by atoms with Gasteiger partial charge in [0.05, 0.1) is 31.4 Å². The molecule has 1 aromatic carbocycles. The van der Waals surface area contributed by atoms with Crippen LogP contribution in [0.5, 0.6) is 0 Å². The van der Waals surface area contributed by atoms with Gasteiger partial charge < -0.3 is 20.2 Å². The van der Waals surface area contributed by atoms with Crippen LogP contribution in [0, 0.1) is 0 Å². The van der Waals surface area contributed by atoms with Crippen LogP contribution >= 0.6 is 0 Å². The molecule has 1 aromatic heterocycles. The normalized spacial score (nSPS) is 13.1. The molecular formula is C17H20N2O4. The van der Waals surface area contributed by atoms with E-state index < -0.39 is 11.5 Å². The average molecular weight is 316 g/mol. The van der Waals surface area contributed by atoms with Crippen LogP contribution in [0.15, 0.2) is 53.1 Å². The summed E-state index contributed by atoms with van der Waals surface area (Å²) in [6.45, 7) is 1.69. The van der Waals surface area contributed by atoms with Crippen LogP contribution in [0.25, 0.3) is 0 Å². The van der Waals surface area contributed by atoms with Crippen molar-refractivity contribution >= 4 is 11.8 Å². The van der Waals surface area contributed by atoms with Crippen LogP contribution in [0.2, 0.25) is 0 Å². The molecular weight excluding hydrogens is 296 g/mol. The third kappa shape index (κ3) is 5.27. The molecule has 1 heterocycles. The number of aliphatic hydroxyl groups is 1. The maximum atomic E-state index is 11.9. The van der Waals surface area contributed by atoms with Crippen molar-refractivity contribution < 1.29 is 19.1 Å². The molecule has 0 bridgehead atoms. The molecule has 0 spiro atoms. The van der Waals surface area contributed by atoms with Gasteiger partial charge in [0.25, 0.3) is 0 Å². The zero-order chi connectivity index (χ0) is 16.7. The molecule has 2 amide bonds. The number of hydrogen-bond donors (Lipinski definition) is 3. The number of benzene rings is 1. The number of hydrogen-bond acceptors (Lipinski definition) is 4. The van der Waals surface area contributed by atoms with Crippen molar-refractivity contribution in [3.8, 4) is 0 Å². The van der Waals surface area contributed by atoms with Crippen molar-refractivity contribution in [2.75, 3.05) is 6.54 Å². The van der Waals surface area contributed by atoms with Gasteiger partial charge in [0, 0.05) is 0 Å². The van der Waals surface area contributed by atoms with E-state index in [-0.39, 0.29) is 25.4 Å². The molecule has 2 aromatic rings. The first-order valence-electron chi connectivity index (χ1n) is 7.31. The van der Waals surface area contributed by atoms with Gasteiger partial charge in [0.1, 0.15) is 5.76 Å². The summed E-state index contributed by atoms with van der Waals surface area (Å²) in [7, 11) is 0. The Kier molecular flexibility index (Phi) is 5.54. The molecule has 0 aliphatic rings. The Hall–Kier alpha value is -2.60. The fraction of sp³-hybridized carbons (Fsp3) is 0.294. The van der Waals surface area contributed by atoms with Gasteiger partial charge >= 0.3 is 0 Å². The topological polar surface area (TPSA) is 91.6 Å². The summed E-state index contributed by atoms with van der Waals surface area (Å²) in [6, 6.07) is 12.4. The summed E-state index contributed by atoms with van der Waals surface area (Å²) >= 11 is 0. The minimum Gasteiger partial charge on any atom is -0.467 e. The Morgan fingerprint density at radius 3 is 2.48 bits per heavy atom. The standard InChI is InChI=1S/C17H20N2O4/c1-17(22,13-6-3-2-4-7-13)10-15(20)19-12-16(21)18-11-14-8-5-9-23-14/h2-9,22H,10-12H2,1H3,(H,18,21)(H,19,20). The van der Waals surface area contributed by atoms with Crippen LogP contribution in [0.4, 0.5) is 0 Å². The van der Waals surface area contributed by atoms with Crippen molar-refractivity contribution in [3.63, 3.8) is 0 Å². The summed E-state index contributed by atoms with van der Waals surface area (Å²) < 4.78 is 5.09. The van der Waals surface area contributed by atoms with Gasteiger partial charge in [-0.2, -0.15) is 0 Å². The number of nitrogens with one attached hydrogen (secondary N) is 2. The maximum Gasteiger partial charge on any atom is 0.239 e. The zero-order valence-corrected chi connectivity index (χ0v) is 12.9. The number of carbonyl (C=O) groups excluding carboxylic acids is 2. The zero-order valence-electron chi connectivity index (χ0n) is 12.9. The molecule has 23 heavy (non-hydrogen) atoms. The fourth-order valence-corrected chi connectivity index (χ4v) is 2.11. The van der Waals surface area contributed by atoms with Crippen molar-refractivity contribution in [1.29, 1.82) is 0 Å². The second kappa shape index (κ2) is 7.60. The highest BCUT2D eigenvalue weighted by atomic mass is 16.3. The van der Waals surface area contributed by atoms with E-state index in [1.807, 2.05) is 6.07 Å². The molecule has 3 N–H and O–H groups in total. The number of furan rings is 1. The summed E-state index contributed by atoms with van der Waals surface area (Å²) in [5.74, 6) is -0.0854. The highest BCUT2D eigenvalue weighted by Gasteiger charge is 2.26. The first-order chi connectivity index (χ1) is 11.0. The summed E-state index contributed by atoms with van der Waals surface area (Å²) in [5, 5.41) is 15.5. The lowest BCUT2D eigenvalue weighted by Crippen LogP contribution is -2.39. The SMILES string of the molecule is CC(O)(CC(=O)NCC(=O)NCc1ccco1)c1ccccc1. The minimum atomic E-state index is -1.28. The Morgan fingerprint density at radius 1 is 1.09 bits per heavy atom. The van der Waals surface area contributed by atoms with Crippen molar-refractivity contribution in [2.24, 2.45) is 0 Å². The van der Waals surface area contributed by atoms with Crippen molar-refractivity contribution in [3.05, 3.63) is 60.1 Å². The molecule has 0 saturated carbocycles. The van der Waals surface area contributed by atoms with E-state index >= 15 is 0 Å². The van der Waals surface area contributed by atoms with Gasteiger partial charge in [-0.05, 0) is 24.6 Å². The molecule has 6 heteroatoms. The lowest BCUT2D eigenvalue weighted by Gasteiger charge is -2.23. The van der Waals surface area contributed by atoms with Gasteiger partial charge in [0.2, 0.25) is 11.8 Å². The van der Waals surface area contributed by atoms with Gasteiger partial charge in [-0.25, -0.2) is 0 Å². The third-order valence-electron chi connectivity index (χ3n) is 3.39. The summed E-state index contributed by atoms with van der Waals surface area (Å²) in [4.78, 5) is 23.5. The Labute approximate surface area is 134 Å². The number of carbonyl (C=O) groups is 2. The van der Waals surface area contributed by atoms with Crippen LogP contribution < -0.4 is 10.6 Å². The van der Waals surface area contributed by atoms with Crippen LogP contribution in [0.1, 0.15) is 24.7 Å². The highest BCUT2D eigenvalue weighted by molar-refractivity contribution is 5.85. The molecule has 0 aliphatic carbocycles. The van der Waals surface area contributed by atoms with E-state index in [0.29, 0.717) is 11.3 Å². The van der Waals surface area contributed by atoms with E-state index in [1.165, 1.54) is 6.26 Å². The van der Waals surface area contributed by atoms with E-state index in [4.69, 9.17) is 4.42 Å². The molecule has 1 unspecified atom stereocenters. The molecule has 122 valence electrons. The predicted octanol–water partition coefficient (Wildman–Crippen LogP) is 1.31. The van der Waals surface area contributed by atoms with Crippen molar-refractivity contribution in [1.82, 2.24) is 10.6 Å². The van der Waals surface area contributed by atoms with Gasteiger partial charge in [-0.3, -0.25) is 9.59 Å². The highest BCUT2D eigenvalue weighted by Crippen LogP contribution is 2.23. The third-order valence-corrected chi connectivity index (χ3v) is 3.39. The first kappa shape index (κ1) is 16.8. The Bertz CT molecular complexity index is 636. The molecule has 1 atom stereocenters. The fourth-order valence-electron chi connectivity index (χ4n) is 2.11.